The number of hydrogen-bond donors (Lipinski definition) is 1. The summed E-state index contributed by atoms with van der Waals surface area (Å²) >= 11 is 0. The number of hydrogen-bond acceptors (Lipinski definition) is 4. The van der Waals surface area contributed by atoms with Crippen molar-refractivity contribution in [2.24, 2.45) is 0 Å². The molecule has 3 rings (SSSR count). The van der Waals surface area contributed by atoms with E-state index >= 15 is 0 Å². The van der Waals surface area contributed by atoms with Crippen LogP contribution in [-0.2, 0) is 14.8 Å². The summed E-state index contributed by atoms with van der Waals surface area (Å²) in [5, 5.41) is 4.67. The van der Waals surface area contributed by atoms with E-state index in [-0.39, 0.29) is 24.6 Å². The number of rotatable bonds is 8. The van der Waals surface area contributed by atoms with E-state index in [2.05, 4.69) is 5.32 Å². The Kier molecular flexibility index (Phi) is 6.46. The number of amides is 1. The van der Waals surface area contributed by atoms with Crippen molar-refractivity contribution in [1.82, 2.24) is 9.62 Å². The van der Waals surface area contributed by atoms with E-state index in [0.717, 1.165) is 39.3 Å². The molecule has 29 heavy (non-hydrogen) atoms. The second-order valence-corrected chi connectivity index (χ2v) is 8.44. The van der Waals surface area contributed by atoms with Gasteiger partial charge in [0.05, 0.1) is 18.0 Å². The fraction of sp³-hybridized carbons (Fsp3) is 0.190. The molecule has 0 aromatic heterocycles. The van der Waals surface area contributed by atoms with E-state index < -0.39 is 21.7 Å². The van der Waals surface area contributed by atoms with Crippen molar-refractivity contribution < 1.29 is 22.3 Å². The number of likely N-dealkylation sites (N-methyl/N-ethyl adjacent to an activating group) is 1. The highest BCUT2D eigenvalue weighted by Gasteiger charge is 2.22. The summed E-state index contributed by atoms with van der Waals surface area (Å²) < 4.78 is 44.5. The van der Waals surface area contributed by atoms with E-state index in [1.54, 1.807) is 0 Å². The lowest BCUT2D eigenvalue weighted by atomic mass is 10.1. The van der Waals surface area contributed by atoms with Crippen LogP contribution in [0.1, 0.15) is 0 Å². The molecule has 0 radical (unpaired) electrons. The van der Waals surface area contributed by atoms with Crippen molar-refractivity contribution in [3.63, 3.8) is 0 Å². The lowest BCUT2D eigenvalue weighted by molar-refractivity contribution is -0.121. The van der Waals surface area contributed by atoms with E-state index in [1.807, 2.05) is 42.5 Å². The van der Waals surface area contributed by atoms with Crippen LogP contribution < -0.4 is 10.1 Å². The van der Waals surface area contributed by atoms with Crippen LogP contribution in [0.4, 0.5) is 4.39 Å². The first kappa shape index (κ1) is 20.8. The number of benzene rings is 3. The summed E-state index contributed by atoms with van der Waals surface area (Å²) in [4.78, 5) is 12.0. The van der Waals surface area contributed by atoms with Gasteiger partial charge in [-0.05, 0) is 35.7 Å². The van der Waals surface area contributed by atoms with E-state index in [1.165, 1.54) is 7.05 Å². The number of carbonyl (C=O) groups is 1. The summed E-state index contributed by atoms with van der Waals surface area (Å²) in [5.41, 5.74) is 0. The molecule has 0 heterocycles. The molecular formula is C21H21FN2O4S. The van der Waals surface area contributed by atoms with Gasteiger partial charge in [0.2, 0.25) is 15.9 Å². The predicted octanol–water partition coefficient (Wildman–Crippen LogP) is 2.79. The van der Waals surface area contributed by atoms with Crippen molar-refractivity contribution in [2.45, 2.75) is 4.90 Å². The average molecular weight is 416 g/mol. The molecule has 6 nitrogen and oxygen atoms in total. The molecular weight excluding hydrogens is 395 g/mol. The first-order valence-corrected chi connectivity index (χ1v) is 10.4. The second-order valence-electron chi connectivity index (χ2n) is 6.39. The molecule has 0 unspecified atom stereocenters. The lowest BCUT2D eigenvalue weighted by Crippen LogP contribution is -2.39. The number of ether oxygens (including phenoxy) is 1. The fourth-order valence-electron chi connectivity index (χ4n) is 2.80. The number of halogens is 1. The minimum Gasteiger partial charge on any atom is -0.491 e. The molecule has 3 aromatic rings. The van der Waals surface area contributed by atoms with Crippen molar-refractivity contribution in [2.75, 3.05) is 26.7 Å². The third-order valence-corrected chi connectivity index (χ3v) is 6.14. The Labute approximate surface area is 169 Å². The number of carbonyl (C=O) groups excluding carboxylic acids is 1. The maximum absolute atomic E-state index is 13.0. The van der Waals surface area contributed by atoms with Crippen LogP contribution in [0.25, 0.3) is 10.8 Å². The molecule has 0 spiro atoms. The average Bonchev–Trinajstić information content (AvgIpc) is 2.71. The molecule has 1 N–H and O–H groups in total. The van der Waals surface area contributed by atoms with Gasteiger partial charge in [-0.1, -0.05) is 36.4 Å². The van der Waals surface area contributed by atoms with Gasteiger partial charge in [-0.15, -0.1) is 0 Å². The number of fused-ring (bicyclic) bond motifs is 1. The van der Waals surface area contributed by atoms with Crippen LogP contribution in [-0.4, -0.2) is 45.4 Å². The third-order valence-electron chi connectivity index (χ3n) is 4.32. The molecule has 1 amide bonds. The summed E-state index contributed by atoms with van der Waals surface area (Å²) in [6.07, 6.45) is 0. The van der Waals surface area contributed by atoms with Gasteiger partial charge in [0.15, 0.2) is 0 Å². The number of nitrogens with one attached hydrogen (secondary N) is 1. The first-order valence-electron chi connectivity index (χ1n) is 8.97. The highest BCUT2D eigenvalue weighted by Crippen LogP contribution is 2.24. The molecule has 152 valence electrons. The Morgan fingerprint density at radius 1 is 1.03 bits per heavy atom. The van der Waals surface area contributed by atoms with Crippen LogP contribution in [0, 0.1) is 5.82 Å². The molecule has 0 saturated heterocycles. The van der Waals surface area contributed by atoms with Crippen molar-refractivity contribution >= 4 is 26.7 Å². The van der Waals surface area contributed by atoms with Gasteiger partial charge in [-0.2, -0.15) is 4.31 Å². The van der Waals surface area contributed by atoms with Gasteiger partial charge in [-0.25, -0.2) is 12.8 Å². The van der Waals surface area contributed by atoms with Gasteiger partial charge in [0, 0.05) is 12.4 Å². The summed E-state index contributed by atoms with van der Waals surface area (Å²) in [7, 11) is -2.58. The largest absolute Gasteiger partial charge is 0.491 e. The molecule has 0 atom stereocenters. The predicted molar refractivity (Wildman–Crippen MR) is 109 cm³/mol. The van der Waals surface area contributed by atoms with Crippen LogP contribution in [0.2, 0.25) is 0 Å². The second kappa shape index (κ2) is 9.02. The highest BCUT2D eigenvalue weighted by atomic mass is 32.2. The Morgan fingerprint density at radius 2 is 1.72 bits per heavy atom. The molecule has 3 aromatic carbocycles. The Balaban J connectivity index is 1.50. The van der Waals surface area contributed by atoms with E-state index in [0.29, 0.717) is 5.75 Å². The zero-order chi connectivity index (χ0) is 20.9. The minimum absolute atomic E-state index is 0.0755. The SMILES string of the molecule is CN(CC(=O)NCCOc1cccc2ccccc12)S(=O)(=O)c1ccc(F)cc1. The normalized spacial score (nSPS) is 11.6. The number of nitrogens with zero attached hydrogens (tertiary/aromatic N) is 1. The molecule has 8 heteroatoms. The van der Waals surface area contributed by atoms with Crippen molar-refractivity contribution in [1.29, 1.82) is 0 Å². The van der Waals surface area contributed by atoms with Gasteiger partial charge in [0.1, 0.15) is 18.2 Å². The Hall–Kier alpha value is -2.97. The van der Waals surface area contributed by atoms with Gasteiger partial charge in [0.25, 0.3) is 0 Å². The zero-order valence-corrected chi connectivity index (χ0v) is 16.7. The van der Waals surface area contributed by atoms with Crippen molar-refractivity contribution in [3.05, 3.63) is 72.5 Å². The Morgan fingerprint density at radius 3 is 2.48 bits per heavy atom. The van der Waals surface area contributed by atoms with Gasteiger partial charge in [-0.3, -0.25) is 4.79 Å². The van der Waals surface area contributed by atoms with Crippen molar-refractivity contribution in [3.8, 4) is 5.75 Å². The quantitative estimate of drug-likeness (QED) is 0.573. The van der Waals surface area contributed by atoms with Crippen LogP contribution in [0.15, 0.2) is 71.6 Å². The molecule has 0 aliphatic rings. The lowest BCUT2D eigenvalue weighted by Gasteiger charge is -2.17. The fourth-order valence-corrected chi connectivity index (χ4v) is 3.93. The highest BCUT2D eigenvalue weighted by molar-refractivity contribution is 7.89. The van der Waals surface area contributed by atoms with Gasteiger partial charge < -0.3 is 10.1 Å². The molecule has 0 saturated carbocycles. The van der Waals surface area contributed by atoms with Crippen LogP contribution in [0.3, 0.4) is 0 Å². The maximum Gasteiger partial charge on any atom is 0.243 e. The monoisotopic (exact) mass is 416 g/mol. The van der Waals surface area contributed by atoms with Crippen LogP contribution >= 0.6 is 0 Å². The van der Waals surface area contributed by atoms with Gasteiger partial charge >= 0.3 is 0 Å². The minimum atomic E-state index is -3.87. The molecule has 0 bridgehead atoms. The van der Waals surface area contributed by atoms with E-state index in [4.69, 9.17) is 4.74 Å². The zero-order valence-electron chi connectivity index (χ0n) is 15.8. The topological polar surface area (TPSA) is 75.7 Å². The third kappa shape index (κ3) is 5.10. The Bertz CT molecular complexity index is 1100. The summed E-state index contributed by atoms with van der Waals surface area (Å²) in [6, 6.07) is 18.0. The summed E-state index contributed by atoms with van der Waals surface area (Å²) in [6.45, 7) is 0.120. The summed E-state index contributed by atoms with van der Waals surface area (Å²) in [5.74, 6) is -0.274. The molecule has 0 fully saturated rings. The smallest absolute Gasteiger partial charge is 0.243 e. The molecule has 0 aliphatic carbocycles. The standard InChI is InChI=1S/C21H21FN2O4S/c1-24(29(26,27)18-11-9-17(22)10-12-18)15-21(25)23-13-14-28-20-8-4-6-16-5-2-3-7-19(16)20/h2-12H,13-15H2,1H3,(H,23,25). The van der Waals surface area contributed by atoms with E-state index in [9.17, 15) is 17.6 Å². The first-order chi connectivity index (χ1) is 13.9. The number of sulfonamides is 1. The van der Waals surface area contributed by atoms with Crippen LogP contribution in [0.5, 0.6) is 5.75 Å². The molecule has 0 aliphatic heterocycles. The maximum atomic E-state index is 13.0.